The third-order valence-electron chi connectivity index (χ3n) is 4.46. The Bertz CT molecular complexity index is 750. The summed E-state index contributed by atoms with van der Waals surface area (Å²) in [7, 11) is 0. The molecule has 2 heterocycles. The van der Waals surface area contributed by atoms with Crippen molar-refractivity contribution in [1.29, 1.82) is 0 Å². The molecule has 0 aromatic carbocycles. The number of pyridine rings is 1. The lowest BCUT2D eigenvalue weighted by Crippen LogP contribution is -2.57. The van der Waals surface area contributed by atoms with Crippen LogP contribution in [0.25, 0.3) is 0 Å². The van der Waals surface area contributed by atoms with Crippen molar-refractivity contribution >= 4 is 5.78 Å². The summed E-state index contributed by atoms with van der Waals surface area (Å²) in [6, 6.07) is 1.76. The highest BCUT2D eigenvalue weighted by atomic mass is 19.4. The fourth-order valence-corrected chi connectivity index (χ4v) is 3.87. The van der Waals surface area contributed by atoms with Crippen molar-refractivity contribution in [2.45, 2.75) is 65.0 Å². The average molecular weight is 388 g/mol. The molecule has 1 fully saturated rings. The zero-order valence-corrected chi connectivity index (χ0v) is 16.4. The van der Waals surface area contributed by atoms with Gasteiger partial charge in [0.15, 0.2) is 5.78 Å². The standard InChI is InChI=1S/C19H27F3N2O3/c1-13(25)14-7-8-15(19(20,21)22)24(16(14)26)10-6-9-23-11-17(2,3)27-18(4,5)12-23/h7-8H,6,9-12H2,1-5H3. The van der Waals surface area contributed by atoms with Crippen LogP contribution in [0.15, 0.2) is 16.9 Å². The van der Waals surface area contributed by atoms with E-state index in [0.29, 0.717) is 30.6 Å². The number of ketones is 1. The Morgan fingerprint density at radius 1 is 1.11 bits per heavy atom. The van der Waals surface area contributed by atoms with E-state index in [9.17, 15) is 22.8 Å². The van der Waals surface area contributed by atoms with Crippen LogP contribution in [0.5, 0.6) is 0 Å². The third kappa shape index (κ3) is 5.42. The number of halogens is 3. The average Bonchev–Trinajstić information content (AvgIpc) is 2.43. The third-order valence-corrected chi connectivity index (χ3v) is 4.46. The molecule has 1 aromatic heterocycles. The number of hydrogen-bond acceptors (Lipinski definition) is 4. The Balaban J connectivity index is 2.19. The van der Waals surface area contributed by atoms with Crippen molar-refractivity contribution in [1.82, 2.24) is 9.47 Å². The van der Waals surface area contributed by atoms with Crippen LogP contribution < -0.4 is 5.56 Å². The summed E-state index contributed by atoms with van der Waals surface area (Å²) in [4.78, 5) is 26.0. The summed E-state index contributed by atoms with van der Waals surface area (Å²) in [5.41, 5.74) is -2.86. The van der Waals surface area contributed by atoms with E-state index in [0.717, 1.165) is 12.1 Å². The maximum Gasteiger partial charge on any atom is 0.431 e. The van der Waals surface area contributed by atoms with Crippen molar-refractivity contribution < 1.29 is 22.7 Å². The molecule has 8 heteroatoms. The molecule has 1 saturated heterocycles. The van der Waals surface area contributed by atoms with Crippen LogP contribution in [0, 0.1) is 0 Å². The minimum absolute atomic E-state index is 0.104. The van der Waals surface area contributed by atoms with Gasteiger partial charge in [0.25, 0.3) is 5.56 Å². The molecule has 0 N–H and O–H groups in total. The van der Waals surface area contributed by atoms with Crippen molar-refractivity contribution in [3.8, 4) is 0 Å². The summed E-state index contributed by atoms with van der Waals surface area (Å²) in [6.45, 7) is 10.8. The van der Waals surface area contributed by atoms with Crippen LogP contribution in [0.4, 0.5) is 13.2 Å². The highest BCUT2D eigenvalue weighted by Crippen LogP contribution is 2.30. The second-order valence-corrected chi connectivity index (χ2v) is 8.33. The minimum atomic E-state index is -4.66. The van der Waals surface area contributed by atoms with Gasteiger partial charge in [0.1, 0.15) is 5.69 Å². The van der Waals surface area contributed by atoms with Gasteiger partial charge in [-0.05, 0) is 53.2 Å². The van der Waals surface area contributed by atoms with E-state index >= 15 is 0 Å². The van der Waals surface area contributed by atoms with Gasteiger partial charge in [-0.2, -0.15) is 13.2 Å². The number of ether oxygens (including phenoxy) is 1. The topological polar surface area (TPSA) is 51.5 Å². The largest absolute Gasteiger partial charge is 0.431 e. The molecule has 0 spiro atoms. The summed E-state index contributed by atoms with van der Waals surface area (Å²) in [5, 5.41) is 0. The first-order valence-corrected chi connectivity index (χ1v) is 8.96. The van der Waals surface area contributed by atoms with Crippen molar-refractivity contribution in [3.05, 3.63) is 33.7 Å². The van der Waals surface area contributed by atoms with E-state index in [-0.39, 0.29) is 23.3 Å². The first kappa shape index (κ1) is 21.6. The van der Waals surface area contributed by atoms with Crippen molar-refractivity contribution in [3.63, 3.8) is 0 Å². The molecule has 0 bridgehead atoms. The van der Waals surface area contributed by atoms with Gasteiger partial charge >= 0.3 is 6.18 Å². The molecular formula is C19H27F3N2O3. The van der Waals surface area contributed by atoms with E-state index < -0.39 is 23.2 Å². The SMILES string of the molecule is CC(=O)c1ccc(C(F)(F)F)n(CCCN2CC(C)(C)OC(C)(C)C2)c1=O. The van der Waals surface area contributed by atoms with Crippen LogP contribution in [0.3, 0.4) is 0 Å². The van der Waals surface area contributed by atoms with Gasteiger partial charge in [0.2, 0.25) is 0 Å². The van der Waals surface area contributed by atoms with E-state index in [2.05, 4.69) is 4.90 Å². The molecule has 0 radical (unpaired) electrons. The fourth-order valence-electron chi connectivity index (χ4n) is 3.87. The number of rotatable bonds is 5. The zero-order valence-electron chi connectivity index (χ0n) is 16.4. The van der Waals surface area contributed by atoms with Crippen LogP contribution in [-0.2, 0) is 17.5 Å². The second-order valence-electron chi connectivity index (χ2n) is 8.33. The van der Waals surface area contributed by atoms with Gasteiger partial charge in [0.05, 0.1) is 16.8 Å². The highest BCUT2D eigenvalue weighted by molar-refractivity contribution is 5.93. The molecule has 2 rings (SSSR count). The van der Waals surface area contributed by atoms with Crippen LogP contribution >= 0.6 is 0 Å². The van der Waals surface area contributed by atoms with E-state index in [1.807, 2.05) is 27.7 Å². The lowest BCUT2D eigenvalue weighted by molar-refractivity contribution is -0.180. The number of aromatic nitrogens is 1. The predicted molar refractivity (Wildman–Crippen MR) is 96.0 cm³/mol. The Morgan fingerprint density at radius 3 is 2.15 bits per heavy atom. The molecule has 27 heavy (non-hydrogen) atoms. The van der Waals surface area contributed by atoms with E-state index in [1.165, 1.54) is 6.92 Å². The van der Waals surface area contributed by atoms with Crippen molar-refractivity contribution in [2.75, 3.05) is 19.6 Å². The Morgan fingerprint density at radius 2 is 1.67 bits per heavy atom. The minimum Gasteiger partial charge on any atom is -0.367 e. The van der Waals surface area contributed by atoms with Gasteiger partial charge in [-0.15, -0.1) is 0 Å². The van der Waals surface area contributed by atoms with Gasteiger partial charge < -0.3 is 9.30 Å². The number of carbonyl (C=O) groups is 1. The van der Waals surface area contributed by atoms with Crippen LogP contribution in [0.2, 0.25) is 0 Å². The molecular weight excluding hydrogens is 361 g/mol. The molecule has 0 unspecified atom stereocenters. The Labute approximate surface area is 157 Å². The molecule has 1 aliphatic rings. The van der Waals surface area contributed by atoms with Gasteiger partial charge in [-0.3, -0.25) is 14.5 Å². The summed E-state index contributed by atoms with van der Waals surface area (Å²) >= 11 is 0. The summed E-state index contributed by atoms with van der Waals surface area (Å²) < 4.78 is 46.5. The zero-order chi connectivity index (χ0) is 20.6. The van der Waals surface area contributed by atoms with E-state index in [1.54, 1.807) is 0 Å². The number of alkyl halides is 3. The second kappa shape index (κ2) is 7.39. The number of Topliss-reactive ketones (excluding diaryl/α,β-unsaturated/α-hetero) is 1. The molecule has 1 aliphatic heterocycles. The smallest absolute Gasteiger partial charge is 0.367 e. The maximum atomic E-state index is 13.3. The summed E-state index contributed by atoms with van der Waals surface area (Å²) in [5.74, 6) is -0.542. The fraction of sp³-hybridized carbons (Fsp3) is 0.684. The lowest BCUT2D eigenvalue weighted by atomic mass is 9.99. The summed E-state index contributed by atoms with van der Waals surface area (Å²) in [6.07, 6.45) is -4.30. The molecule has 1 aromatic rings. The Kier molecular flexibility index (Phi) is 5.92. The molecule has 0 amide bonds. The monoisotopic (exact) mass is 388 g/mol. The normalized spacial score (nSPS) is 19.9. The van der Waals surface area contributed by atoms with Crippen LogP contribution in [0.1, 0.15) is 57.1 Å². The molecule has 0 aliphatic carbocycles. The van der Waals surface area contributed by atoms with Gasteiger partial charge in [-0.1, -0.05) is 0 Å². The van der Waals surface area contributed by atoms with Crippen LogP contribution in [-0.4, -0.2) is 46.1 Å². The Hall–Kier alpha value is -1.67. The first-order valence-electron chi connectivity index (χ1n) is 8.96. The maximum absolute atomic E-state index is 13.3. The quantitative estimate of drug-likeness (QED) is 0.726. The molecule has 0 saturated carbocycles. The van der Waals surface area contributed by atoms with Crippen molar-refractivity contribution in [2.24, 2.45) is 0 Å². The molecule has 5 nitrogen and oxygen atoms in total. The van der Waals surface area contributed by atoms with E-state index in [4.69, 9.17) is 4.74 Å². The number of nitrogens with zero attached hydrogens (tertiary/aromatic N) is 2. The van der Waals surface area contributed by atoms with Gasteiger partial charge in [-0.25, -0.2) is 0 Å². The number of morpholine rings is 1. The number of hydrogen-bond donors (Lipinski definition) is 0. The highest BCUT2D eigenvalue weighted by Gasteiger charge is 2.38. The molecule has 0 atom stereocenters. The van der Waals surface area contributed by atoms with Gasteiger partial charge in [0, 0.05) is 26.2 Å². The molecule has 152 valence electrons. The lowest BCUT2D eigenvalue weighted by Gasteiger charge is -2.47. The predicted octanol–water partition coefficient (Wildman–Crippen LogP) is 3.35. The first-order chi connectivity index (χ1) is 12.2. The number of carbonyl (C=O) groups excluding carboxylic acids is 1.